The van der Waals surface area contributed by atoms with Crippen LogP contribution in [0.2, 0.25) is 0 Å². The molecule has 19 heavy (non-hydrogen) atoms. The van der Waals surface area contributed by atoms with E-state index in [1.807, 2.05) is 0 Å². The molecule has 0 radical (unpaired) electrons. The summed E-state index contributed by atoms with van der Waals surface area (Å²) in [4.78, 5) is 22.1. The second-order valence-electron chi connectivity index (χ2n) is 5.85. The average molecular weight is 269 g/mol. The fraction of sp³-hybridized carbons (Fsp3) is 0.857. The van der Waals surface area contributed by atoms with Crippen molar-refractivity contribution in [1.29, 1.82) is 0 Å². The summed E-state index contributed by atoms with van der Waals surface area (Å²) in [6.07, 6.45) is 8.17. The largest absolute Gasteiger partial charge is 0.480 e. The third-order valence-corrected chi connectivity index (χ3v) is 4.28. The molecule has 0 aromatic heterocycles. The molecule has 2 unspecified atom stereocenters. The minimum absolute atomic E-state index is 0.00218. The molecule has 2 aliphatic rings. The Kier molecular flexibility index (Phi) is 4.45. The van der Waals surface area contributed by atoms with Crippen molar-refractivity contribution in [2.75, 3.05) is 0 Å². The van der Waals surface area contributed by atoms with Crippen molar-refractivity contribution < 1.29 is 19.4 Å². The Labute approximate surface area is 113 Å². The normalized spacial score (nSPS) is 27.1. The van der Waals surface area contributed by atoms with Gasteiger partial charge < -0.3 is 15.2 Å². The first kappa shape index (κ1) is 14.3. The van der Waals surface area contributed by atoms with Gasteiger partial charge in [0.2, 0.25) is 5.91 Å². The molecule has 5 heteroatoms. The van der Waals surface area contributed by atoms with Gasteiger partial charge in [0.05, 0.1) is 11.7 Å². The molecule has 1 heterocycles. The van der Waals surface area contributed by atoms with Gasteiger partial charge in [0.25, 0.3) is 0 Å². The second-order valence-corrected chi connectivity index (χ2v) is 5.85. The van der Waals surface area contributed by atoms with Gasteiger partial charge in [-0.15, -0.1) is 0 Å². The molecular formula is C14H23NO4. The lowest BCUT2D eigenvalue weighted by molar-refractivity contribution is -0.143. The Bertz CT molecular complexity index is 349. The van der Waals surface area contributed by atoms with E-state index in [1.54, 1.807) is 0 Å². The standard InChI is InChI=1S/C14H23NO4/c1-10(16)15-12(13(17)18)9-11-5-8-14(19-11)6-3-2-4-7-14/h11-12H,2-9H2,1H3,(H,15,16)(H,17,18). The molecule has 108 valence electrons. The van der Waals surface area contributed by atoms with Crippen LogP contribution in [0.15, 0.2) is 0 Å². The van der Waals surface area contributed by atoms with Gasteiger partial charge in [0.1, 0.15) is 6.04 Å². The highest BCUT2D eigenvalue weighted by Gasteiger charge is 2.41. The summed E-state index contributed by atoms with van der Waals surface area (Å²) >= 11 is 0. The molecule has 1 saturated heterocycles. The van der Waals surface area contributed by atoms with E-state index in [4.69, 9.17) is 9.84 Å². The molecule has 2 N–H and O–H groups in total. The zero-order chi connectivity index (χ0) is 13.9. The number of nitrogens with one attached hydrogen (secondary N) is 1. The first-order chi connectivity index (χ1) is 9.01. The van der Waals surface area contributed by atoms with Crippen LogP contribution in [0.4, 0.5) is 0 Å². The lowest BCUT2D eigenvalue weighted by Crippen LogP contribution is -2.42. The predicted octanol–water partition coefficient (Wildman–Crippen LogP) is 1.85. The number of carboxylic acid groups (broad SMARTS) is 1. The number of aliphatic carboxylic acids is 1. The third kappa shape index (κ3) is 3.69. The van der Waals surface area contributed by atoms with Crippen molar-refractivity contribution in [3.63, 3.8) is 0 Å². The maximum absolute atomic E-state index is 11.1. The summed E-state index contributed by atoms with van der Waals surface area (Å²) < 4.78 is 6.14. The number of amides is 1. The molecule has 0 aromatic rings. The van der Waals surface area contributed by atoms with Crippen LogP contribution >= 0.6 is 0 Å². The van der Waals surface area contributed by atoms with E-state index in [9.17, 15) is 9.59 Å². The van der Waals surface area contributed by atoms with E-state index in [0.717, 1.165) is 25.7 Å². The van der Waals surface area contributed by atoms with Gasteiger partial charge in [-0.2, -0.15) is 0 Å². The summed E-state index contributed by atoms with van der Waals surface area (Å²) in [6.45, 7) is 1.34. The van der Waals surface area contributed by atoms with Crippen LogP contribution in [-0.2, 0) is 14.3 Å². The number of hydrogen-bond donors (Lipinski definition) is 2. The molecule has 1 aliphatic heterocycles. The maximum Gasteiger partial charge on any atom is 0.326 e. The van der Waals surface area contributed by atoms with E-state index in [-0.39, 0.29) is 17.6 Å². The topological polar surface area (TPSA) is 75.6 Å². The van der Waals surface area contributed by atoms with E-state index < -0.39 is 12.0 Å². The van der Waals surface area contributed by atoms with Crippen molar-refractivity contribution >= 4 is 11.9 Å². The molecular weight excluding hydrogens is 246 g/mol. The fourth-order valence-electron chi connectivity index (χ4n) is 3.36. The number of ether oxygens (including phenoxy) is 1. The number of carboxylic acids is 1. The van der Waals surface area contributed by atoms with Gasteiger partial charge in [-0.25, -0.2) is 4.79 Å². The van der Waals surface area contributed by atoms with Gasteiger partial charge in [-0.05, 0) is 25.7 Å². The van der Waals surface area contributed by atoms with Gasteiger partial charge in [-0.1, -0.05) is 19.3 Å². The van der Waals surface area contributed by atoms with E-state index in [2.05, 4.69) is 5.32 Å². The molecule has 0 aromatic carbocycles. The van der Waals surface area contributed by atoms with Crippen LogP contribution in [0.5, 0.6) is 0 Å². The van der Waals surface area contributed by atoms with Crippen molar-refractivity contribution in [2.45, 2.75) is 76.0 Å². The summed E-state index contributed by atoms with van der Waals surface area (Å²) in [5.41, 5.74) is 0.00218. The monoisotopic (exact) mass is 269 g/mol. The highest BCUT2D eigenvalue weighted by Crippen LogP contribution is 2.42. The average Bonchev–Trinajstić information content (AvgIpc) is 2.71. The van der Waals surface area contributed by atoms with Crippen LogP contribution in [-0.4, -0.2) is 34.7 Å². The smallest absolute Gasteiger partial charge is 0.326 e. The summed E-state index contributed by atoms with van der Waals surface area (Å²) in [6, 6.07) is -0.832. The second kappa shape index (κ2) is 5.90. The van der Waals surface area contributed by atoms with Crippen molar-refractivity contribution in [3.05, 3.63) is 0 Å². The highest BCUT2D eigenvalue weighted by molar-refractivity contribution is 5.82. The predicted molar refractivity (Wildman–Crippen MR) is 69.8 cm³/mol. The van der Waals surface area contributed by atoms with Crippen molar-refractivity contribution in [1.82, 2.24) is 5.32 Å². The number of carbonyl (C=O) groups is 2. The van der Waals surface area contributed by atoms with Crippen LogP contribution in [0.3, 0.4) is 0 Å². The minimum atomic E-state index is -0.983. The van der Waals surface area contributed by atoms with Gasteiger partial charge in [0, 0.05) is 13.3 Å². The van der Waals surface area contributed by atoms with Crippen molar-refractivity contribution in [3.8, 4) is 0 Å². The van der Waals surface area contributed by atoms with Gasteiger partial charge in [-0.3, -0.25) is 4.79 Å². The molecule has 1 aliphatic carbocycles. The van der Waals surface area contributed by atoms with E-state index in [0.29, 0.717) is 6.42 Å². The van der Waals surface area contributed by atoms with Crippen LogP contribution in [0, 0.1) is 0 Å². The molecule has 2 rings (SSSR count). The lowest BCUT2D eigenvalue weighted by atomic mass is 9.83. The Morgan fingerprint density at radius 2 is 2.00 bits per heavy atom. The first-order valence-corrected chi connectivity index (χ1v) is 7.18. The van der Waals surface area contributed by atoms with E-state index >= 15 is 0 Å². The van der Waals surface area contributed by atoms with Crippen LogP contribution in [0.1, 0.15) is 58.3 Å². The zero-order valence-electron chi connectivity index (χ0n) is 11.5. The molecule has 2 atom stereocenters. The van der Waals surface area contributed by atoms with E-state index in [1.165, 1.54) is 26.2 Å². The first-order valence-electron chi connectivity index (χ1n) is 7.18. The Morgan fingerprint density at radius 1 is 1.32 bits per heavy atom. The van der Waals surface area contributed by atoms with Crippen LogP contribution < -0.4 is 5.32 Å². The molecule has 1 amide bonds. The lowest BCUT2D eigenvalue weighted by Gasteiger charge is -2.33. The molecule has 1 saturated carbocycles. The highest BCUT2D eigenvalue weighted by atomic mass is 16.5. The summed E-state index contributed by atoms with van der Waals surface area (Å²) in [5, 5.41) is 11.6. The SMILES string of the molecule is CC(=O)NC(CC1CCC2(CCCCC2)O1)C(=O)O. The Hall–Kier alpha value is -1.10. The molecule has 0 bridgehead atoms. The summed E-state index contributed by atoms with van der Waals surface area (Å²) in [5.74, 6) is -1.29. The van der Waals surface area contributed by atoms with Crippen LogP contribution in [0.25, 0.3) is 0 Å². The van der Waals surface area contributed by atoms with Gasteiger partial charge in [0.15, 0.2) is 0 Å². The quantitative estimate of drug-likeness (QED) is 0.816. The minimum Gasteiger partial charge on any atom is -0.480 e. The zero-order valence-corrected chi connectivity index (χ0v) is 11.5. The summed E-state index contributed by atoms with van der Waals surface area (Å²) in [7, 11) is 0. The fourth-order valence-corrected chi connectivity index (χ4v) is 3.36. The number of hydrogen-bond acceptors (Lipinski definition) is 3. The maximum atomic E-state index is 11.1. The third-order valence-electron chi connectivity index (χ3n) is 4.28. The molecule has 5 nitrogen and oxygen atoms in total. The molecule has 1 spiro atoms. The molecule has 2 fully saturated rings. The Morgan fingerprint density at radius 3 is 2.58 bits per heavy atom. The Balaban J connectivity index is 1.89. The van der Waals surface area contributed by atoms with Gasteiger partial charge >= 0.3 is 5.97 Å². The number of rotatable bonds is 4. The number of carbonyl (C=O) groups excluding carboxylic acids is 1. The van der Waals surface area contributed by atoms with Crippen molar-refractivity contribution in [2.24, 2.45) is 0 Å².